The number of amides is 2. The first-order valence-electron chi connectivity index (χ1n) is 24.7. The van der Waals surface area contributed by atoms with Gasteiger partial charge in [0.25, 0.3) is 11.8 Å². The molecule has 0 aliphatic carbocycles. The summed E-state index contributed by atoms with van der Waals surface area (Å²) >= 11 is 0. The summed E-state index contributed by atoms with van der Waals surface area (Å²) in [5, 5.41) is 24.3. The van der Waals surface area contributed by atoms with Gasteiger partial charge in [0.2, 0.25) is 24.4 Å². The van der Waals surface area contributed by atoms with Crippen molar-refractivity contribution in [3.8, 4) is 0 Å². The lowest BCUT2D eigenvalue weighted by atomic mass is 10.1. The number of hydrogen-bond acceptors (Lipinski definition) is 16. The van der Waals surface area contributed by atoms with Gasteiger partial charge in [-0.1, -0.05) is 131 Å². The Morgan fingerprint density at radius 2 is 0.600 bits per heavy atom. The molecule has 0 fully saturated rings. The Labute approximate surface area is 459 Å². The number of aliphatic carboxylic acids is 2. The Morgan fingerprint density at radius 3 is 0.838 bits per heavy atom. The van der Waals surface area contributed by atoms with Crippen molar-refractivity contribution in [1.82, 2.24) is 10.6 Å². The molecule has 6 rings (SSSR count). The van der Waals surface area contributed by atoms with Crippen LogP contribution in [0.4, 0.5) is 0 Å². The number of rotatable bonds is 22. The molecule has 2 amide bonds. The number of benzene rings is 6. The first kappa shape index (κ1) is 60.9. The zero-order chi connectivity index (χ0) is 58.5. The van der Waals surface area contributed by atoms with E-state index < -0.39 is 96.1 Å². The lowest BCUT2D eigenvalue weighted by molar-refractivity contribution is -0.160. The molecule has 6 aromatic rings. The Morgan fingerprint density at radius 1 is 0.362 bits per heavy atom. The molecular formula is C60H58N2O18. The van der Waals surface area contributed by atoms with Crippen LogP contribution in [0.15, 0.2) is 158 Å². The third-order valence-electron chi connectivity index (χ3n) is 11.5. The van der Waals surface area contributed by atoms with Crippen LogP contribution in [0.5, 0.6) is 0 Å². The maximum absolute atomic E-state index is 13.2. The number of carbonyl (C=O) groups is 10. The molecule has 80 heavy (non-hydrogen) atoms. The average Bonchev–Trinajstić information content (AvgIpc) is 3.44. The normalized spacial score (nSPS) is 12.8. The molecule has 0 saturated heterocycles. The maximum Gasteiger partial charge on any atom is 0.349 e. The number of aryl methyl sites for hydroxylation is 4. The Bertz CT molecular complexity index is 2920. The van der Waals surface area contributed by atoms with Crippen LogP contribution >= 0.6 is 0 Å². The number of carbonyl (C=O) groups excluding carboxylic acids is 8. The maximum atomic E-state index is 13.2. The predicted molar refractivity (Wildman–Crippen MR) is 284 cm³/mol. The molecule has 0 radical (unpaired) electrons. The second-order valence-electron chi connectivity index (χ2n) is 18.1. The number of ether oxygens (including phenoxy) is 6. The van der Waals surface area contributed by atoms with Gasteiger partial charge in [-0.2, -0.15) is 0 Å². The molecule has 0 aromatic heterocycles. The quantitative estimate of drug-likeness (QED) is 0.0403. The highest BCUT2D eigenvalue weighted by molar-refractivity contribution is 5.99. The molecule has 0 saturated carbocycles. The topological polar surface area (TPSA) is 291 Å². The standard InChI is InChI=1S/2C30H29NO9/c2*1-18-9-13-22(14-10-18)29(36)39-24(25(27(33)34)40-30(37)23-15-11-19(2)12-16-23)26(32)31-20(3)28(35)38-17-21-7-5-4-6-8-21/h2*4-16,20,24-25H,17H2,1-3H3,(H,31,32)(H,33,34)/t2*20?,24?,25-/m00/s1. The van der Waals surface area contributed by atoms with Gasteiger partial charge in [0.05, 0.1) is 22.3 Å². The second-order valence-corrected chi connectivity index (χ2v) is 18.1. The highest BCUT2D eigenvalue weighted by Gasteiger charge is 2.43. The van der Waals surface area contributed by atoms with E-state index in [0.29, 0.717) is 11.1 Å². The van der Waals surface area contributed by atoms with Gasteiger partial charge in [-0.05, 0) is 101 Å². The minimum atomic E-state index is -2.23. The van der Waals surface area contributed by atoms with Crippen molar-refractivity contribution >= 4 is 59.6 Å². The number of esters is 6. The molecule has 20 heteroatoms. The third kappa shape index (κ3) is 18.6. The Kier molecular flexibility index (Phi) is 22.5. The van der Waals surface area contributed by atoms with Gasteiger partial charge >= 0.3 is 47.8 Å². The number of carboxylic acid groups (broad SMARTS) is 2. The fraction of sp³-hybridized carbons (Fsp3) is 0.233. The number of carboxylic acids is 2. The molecule has 4 N–H and O–H groups in total. The van der Waals surface area contributed by atoms with Crippen molar-refractivity contribution in [3.63, 3.8) is 0 Å². The van der Waals surface area contributed by atoms with Crippen LogP contribution in [0.3, 0.4) is 0 Å². The Hall–Kier alpha value is -9.98. The minimum absolute atomic E-state index is 0.0266. The molecule has 6 atom stereocenters. The number of nitrogens with one attached hydrogen (secondary N) is 2. The summed E-state index contributed by atoms with van der Waals surface area (Å²) in [6.45, 7) is 9.72. The van der Waals surface area contributed by atoms with E-state index in [1.54, 1.807) is 137 Å². The number of hydrogen-bond donors (Lipinski definition) is 4. The lowest BCUT2D eigenvalue weighted by Gasteiger charge is -2.24. The molecule has 4 unspecified atom stereocenters. The van der Waals surface area contributed by atoms with Crippen LogP contribution in [0.1, 0.15) is 88.7 Å². The van der Waals surface area contributed by atoms with Crippen LogP contribution in [-0.4, -0.2) is 106 Å². The van der Waals surface area contributed by atoms with E-state index in [4.69, 9.17) is 28.4 Å². The van der Waals surface area contributed by atoms with Crippen molar-refractivity contribution in [2.24, 2.45) is 0 Å². The summed E-state index contributed by atoms with van der Waals surface area (Å²) in [6.07, 6.45) is -8.72. The molecule has 0 aliphatic rings. The molecule has 20 nitrogen and oxygen atoms in total. The van der Waals surface area contributed by atoms with E-state index >= 15 is 0 Å². The molecular weight excluding hydrogens is 1040 g/mol. The molecule has 416 valence electrons. The van der Waals surface area contributed by atoms with Gasteiger partial charge in [0.15, 0.2) is 0 Å². The van der Waals surface area contributed by atoms with Crippen LogP contribution in [0, 0.1) is 27.7 Å². The van der Waals surface area contributed by atoms with Gasteiger partial charge < -0.3 is 49.3 Å². The van der Waals surface area contributed by atoms with Crippen molar-refractivity contribution in [2.45, 2.75) is 91.3 Å². The third-order valence-corrected chi connectivity index (χ3v) is 11.5. The van der Waals surface area contributed by atoms with Crippen molar-refractivity contribution in [1.29, 1.82) is 0 Å². The summed E-state index contributed by atoms with van der Waals surface area (Å²) in [5.74, 6) is -11.6. The largest absolute Gasteiger partial charge is 0.478 e. The summed E-state index contributed by atoms with van der Waals surface area (Å²) in [6, 6.07) is 39.6. The van der Waals surface area contributed by atoms with E-state index in [-0.39, 0.29) is 35.5 Å². The van der Waals surface area contributed by atoms with Gasteiger partial charge in [-0.25, -0.2) is 38.4 Å². The Balaban J connectivity index is 0.000000294. The summed E-state index contributed by atoms with van der Waals surface area (Å²) in [7, 11) is 0. The average molecular weight is 1100 g/mol. The van der Waals surface area contributed by atoms with E-state index in [1.165, 1.54) is 62.4 Å². The first-order valence-corrected chi connectivity index (χ1v) is 24.7. The summed E-state index contributed by atoms with van der Waals surface area (Å²) in [4.78, 5) is 127. The molecule has 0 bridgehead atoms. The SMILES string of the molecule is Cc1ccc(C(=O)OC(C(=O)NC(C)C(=O)OCc2ccccc2)[C@H](OC(=O)c2ccc(C)cc2)C(=O)O)cc1.Cc1ccc(C(=O)OC(C(=O)NC(C)C(=O)OCc2ccccc2)[C@H](OC(=O)c2ccc(C)cc2)C(=O)O)cc1. The lowest BCUT2D eigenvalue weighted by Crippen LogP contribution is -2.53. The first-order chi connectivity index (χ1) is 38.1. The molecule has 0 spiro atoms. The van der Waals surface area contributed by atoms with E-state index in [2.05, 4.69) is 10.6 Å². The summed E-state index contributed by atoms with van der Waals surface area (Å²) < 4.78 is 31.2. The van der Waals surface area contributed by atoms with Gasteiger partial charge in [0, 0.05) is 0 Å². The predicted octanol–water partition coefficient (Wildman–Crippen LogP) is 6.77. The van der Waals surface area contributed by atoms with E-state index in [1.807, 2.05) is 0 Å². The minimum Gasteiger partial charge on any atom is -0.478 e. The van der Waals surface area contributed by atoms with E-state index in [0.717, 1.165) is 22.3 Å². The molecule has 0 aliphatic heterocycles. The molecule has 6 aromatic carbocycles. The molecule has 0 heterocycles. The van der Waals surface area contributed by atoms with Gasteiger partial charge in [0.1, 0.15) is 25.3 Å². The van der Waals surface area contributed by atoms with Crippen molar-refractivity contribution in [2.75, 3.05) is 0 Å². The van der Waals surface area contributed by atoms with Crippen LogP contribution in [0.2, 0.25) is 0 Å². The van der Waals surface area contributed by atoms with Crippen LogP contribution in [0.25, 0.3) is 0 Å². The van der Waals surface area contributed by atoms with Crippen molar-refractivity contribution in [3.05, 3.63) is 213 Å². The van der Waals surface area contributed by atoms with Gasteiger partial charge in [-0.3, -0.25) is 9.59 Å². The second kappa shape index (κ2) is 29.5. The van der Waals surface area contributed by atoms with E-state index in [9.17, 15) is 58.2 Å². The fourth-order valence-corrected chi connectivity index (χ4v) is 6.90. The zero-order valence-corrected chi connectivity index (χ0v) is 44.3. The smallest absolute Gasteiger partial charge is 0.349 e. The fourth-order valence-electron chi connectivity index (χ4n) is 6.90. The van der Waals surface area contributed by atoms with Crippen LogP contribution < -0.4 is 10.6 Å². The highest BCUT2D eigenvalue weighted by Crippen LogP contribution is 2.18. The van der Waals surface area contributed by atoms with Crippen molar-refractivity contribution < 1.29 is 86.6 Å². The zero-order valence-electron chi connectivity index (χ0n) is 44.3. The summed E-state index contributed by atoms with van der Waals surface area (Å²) in [5.41, 5.74) is 4.96. The monoisotopic (exact) mass is 1090 g/mol. The van der Waals surface area contributed by atoms with Crippen LogP contribution in [-0.2, 0) is 70.4 Å². The highest BCUT2D eigenvalue weighted by atomic mass is 16.6. The van der Waals surface area contributed by atoms with Gasteiger partial charge in [-0.15, -0.1) is 0 Å².